The van der Waals surface area contributed by atoms with E-state index in [2.05, 4.69) is 93.7 Å². The number of piperidine rings is 2. The van der Waals surface area contributed by atoms with E-state index in [0.29, 0.717) is 23.0 Å². The summed E-state index contributed by atoms with van der Waals surface area (Å²) >= 11 is 0. The van der Waals surface area contributed by atoms with Crippen LogP contribution in [0.5, 0.6) is 0 Å². The van der Waals surface area contributed by atoms with Gasteiger partial charge in [-0.2, -0.15) is 0 Å². The Morgan fingerprint density at radius 2 is 1.00 bits per heavy atom. The van der Waals surface area contributed by atoms with Crippen molar-refractivity contribution in [1.29, 1.82) is 0 Å². The molecule has 7 atom stereocenters. The second-order valence-corrected chi connectivity index (χ2v) is 19.6. The van der Waals surface area contributed by atoms with E-state index in [-0.39, 0.29) is 5.54 Å². The Morgan fingerprint density at radius 1 is 0.512 bits per heavy atom. The number of nitrogens with one attached hydrogen (secondary N) is 2. The molecule has 254 valence electrons. The van der Waals surface area contributed by atoms with Crippen LogP contribution in [-0.4, -0.2) is 23.2 Å². The lowest BCUT2D eigenvalue weighted by Gasteiger charge is -2.51. The minimum absolute atomic E-state index is 0.275. The van der Waals surface area contributed by atoms with E-state index >= 15 is 0 Å². The van der Waals surface area contributed by atoms with Gasteiger partial charge >= 0.3 is 0 Å². The van der Waals surface area contributed by atoms with Crippen LogP contribution in [0.3, 0.4) is 0 Å². The van der Waals surface area contributed by atoms with Crippen LogP contribution >= 0.6 is 0 Å². The average molecular weight is 601 g/mol. The Bertz CT molecular complexity index is 754. The van der Waals surface area contributed by atoms with Gasteiger partial charge in [-0.05, 0) is 132 Å². The third kappa shape index (κ3) is 12.2. The minimum atomic E-state index is 0.275. The maximum atomic E-state index is 4.05. The molecular weight excluding hydrogens is 520 g/mol. The van der Waals surface area contributed by atoms with E-state index in [9.17, 15) is 0 Å². The SMILES string of the molecule is CC(C)C1CC(C(CCCCCCCCCC2CC(C(C)C)NC(C)(C)C2)C2CC(C(C)C)NC(C)(C)C2)CC(C)(C)C1. The standard InChI is InChI=1S/C41H80N2/c1-29(2)33-23-34(27-39(7,8)26-33)36(35-24-38(31(5)6)43-41(11,12)28-35)21-19-17-15-13-14-16-18-20-32-22-37(30(3)4)42-40(9,10)25-32/h29-38,42-43H,13-28H2,1-12H3. The number of hydrogen-bond donors (Lipinski definition) is 2. The Hall–Kier alpha value is -0.0800. The van der Waals surface area contributed by atoms with Gasteiger partial charge < -0.3 is 10.6 Å². The quantitative estimate of drug-likeness (QED) is 0.183. The molecular formula is C41H80N2. The molecule has 0 radical (unpaired) electrons. The highest BCUT2D eigenvalue weighted by molar-refractivity contribution is 4.98. The van der Waals surface area contributed by atoms with Gasteiger partial charge in [-0.15, -0.1) is 0 Å². The van der Waals surface area contributed by atoms with Gasteiger partial charge in [0.25, 0.3) is 0 Å². The van der Waals surface area contributed by atoms with Gasteiger partial charge in [0.05, 0.1) is 0 Å². The molecule has 0 amide bonds. The Kier molecular flexibility index (Phi) is 14.0. The molecule has 2 heteroatoms. The van der Waals surface area contributed by atoms with Crippen LogP contribution in [0.15, 0.2) is 0 Å². The van der Waals surface area contributed by atoms with Crippen LogP contribution in [-0.2, 0) is 0 Å². The summed E-state index contributed by atoms with van der Waals surface area (Å²) in [4.78, 5) is 0. The summed E-state index contributed by atoms with van der Waals surface area (Å²) in [7, 11) is 0. The largest absolute Gasteiger partial charge is 0.309 e. The monoisotopic (exact) mass is 601 g/mol. The molecule has 2 nitrogen and oxygen atoms in total. The molecule has 0 aromatic heterocycles. The van der Waals surface area contributed by atoms with E-state index in [0.717, 1.165) is 47.3 Å². The summed E-state index contributed by atoms with van der Waals surface area (Å²) < 4.78 is 0. The van der Waals surface area contributed by atoms with Crippen molar-refractivity contribution in [1.82, 2.24) is 10.6 Å². The minimum Gasteiger partial charge on any atom is -0.309 e. The fourth-order valence-electron chi connectivity index (χ4n) is 10.3. The third-order valence-corrected chi connectivity index (χ3v) is 12.5. The smallest absolute Gasteiger partial charge is 0.0130 e. The van der Waals surface area contributed by atoms with E-state index in [1.54, 1.807) is 0 Å². The van der Waals surface area contributed by atoms with Crippen LogP contribution in [0.25, 0.3) is 0 Å². The van der Waals surface area contributed by atoms with Crippen molar-refractivity contribution in [2.24, 2.45) is 52.8 Å². The van der Waals surface area contributed by atoms with Crippen LogP contribution in [0.4, 0.5) is 0 Å². The molecule has 7 unspecified atom stereocenters. The van der Waals surface area contributed by atoms with E-state index in [4.69, 9.17) is 0 Å². The van der Waals surface area contributed by atoms with Gasteiger partial charge in [0.1, 0.15) is 0 Å². The summed E-state index contributed by atoms with van der Waals surface area (Å²) in [6.45, 7) is 29.7. The Morgan fingerprint density at radius 3 is 1.58 bits per heavy atom. The fraction of sp³-hybridized carbons (Fsp3) is 1.00. The Labute approximate surface area is 271 Å². The van der Waals surface area contributed by atoms with Crippen molar-refractivity contribution >= 4 is 0 Å². The predicted octanol–water partition coefficient (Wildman–Crippen LogP) is 11.8. The van der Waals surface area contributed by atoms with Crippen LogP contribution < -0.4 is 10.6 Å². The molecule has 1 aliphatic carbocycles. The maximum absolute atomic E-state index is 4.05. The molecule has 2 saturated heterocycles. The van der Waals surface area contributed by atoms with Crippen molar-refractivity contribution < 1.29 is 0 Å². The Balaban J connectivity index is 1.48. The van der Waals surface area contributed by atoms with Gasteiger partial charge in [-0.3, -0.25) is 0 Å². The predicted molar refractivity (Wildman–Crippen MR) is 192 cm³/mol. The lowest BCUT2D eigenvalue weighted by Crippen LogP contribution is -2.55. The number of hydrogen-bond acceptors (Lipinski definition) is 2. The first-order valence-corrected chi connectivity index (χ1v) is 19.5. The van der Waals surface area contributed by atoms with Gasteiger partial charge in [0.15, 0.2) is 0 Å². The third-order valence-electron chi connectivity index (χ3n) is 12.5. The highest BCUT2D eigenvalue weighted by Crippen LogP contribution is 2.51. The summed E-state index contributed by atoms with van der Waals surface area (Å²) in [6.07, 6.45) is 23.1. The van der Waals surface area contributed by atoms with Crippen LogP contribution in [0, 0.1) is 52.8 Å². The zero-order valence-electron chi connectivity index (χ0n) is 31.6. The first-order chi connectivity index (χ1) is 20.0. The van der Waals surface area contributed by atoms with Crippen molar-refractivity contribution in [3.63, 3.8) is 0 Å². The summed E-state index contributed by atoms with van der Waals surface area (Å²) in [6, 6.07) is 1.39. The number of rotatable bonds is 15. The summed E-state index contributed by atoms with van der Waals surface area (Å²) in [5, 5.41) is 7.97. The van der Waals surface area contributed by atoms with E-state index in [1.807, 2.05) is 0 Å². The zero-order chi connectivity index (χ0) is 32.0. The van der Waals surface area contributed by atoms with Crippen molar-refractivity contribution in [3.05, 3.63) is 0 Å². The lowest BCUT2D eigenvalue weighted by atomic mass is 9.58. The van der Waals surface area contributed by atoms with Crippen molar-refractivity contribution in [3.8, 4) is 0 Å². The van der Waals surface area contributed by atoms with Gasteiger partial charge in [-0.25, -0.2) is 0 Å². The average Bonchev–Trinajstić information content (AvgIpc) is 2.86. The molecule has 2 N–H and O–H groups in total. The second kappa shape index (κ2) is 16.2. The molecule has 2 aliphatic heterocycles. The molecule has 0 aromatic carbocycles. The maximum Gasteiger partial charge on any atom is 0.0130 e. The fourth-order valence-corrected chi connectivity index (χ4v) is 10.3. The van der Waals surface area contributed by atoms with Gasteiger partial charge in [-0.1, -0.05) is 107 Å². The molecule has 0 aromatic rings. The summed E-state index contributed by atoms with van der Waals surface area (Å²) in [5.41, 5.74) is 1.10. The molecule has 3 rings (SSSR count). The van der Waals surface area contributed by atoms with Gasteiger partial charge in [0.2, 0.25) is 0 Å². The highest BCUT2D eigenvalue weighted by atomic mass is 15.0. The van der Waals surface area contributed by atoms with Crippen molar-refractivity contribution in [2.75, 3.05) is 0 Å². The lowest BCUT2D eigenvalue weighted by molar-refractivity contribution is 0.0153. The topological polar surface area (TPSA) is 24.1 Å². The second-order valence-electron chi connectivity index (χ2n) is 19.6. The summed E-state index contributed by atoms with van der Waals surface area (Å²) in [5.74, 6) is 6.90. The normalized spacial score (nSPS) is 33.3. The molecule has 0 bridgehead atoms. The van der Waals surface area contributed by atoms with E-state index in [1.165, 1.54) is 103 Å². The van der Waals surface area contributed by atoms with Gasteiger partial charge in [0, 0.05) is 23.2 Å². The highest BCUT2D eigenvalue weighted by Gasteiger charge is 2.44. The van der Waals surface area contributed by atoms with E-state index < -0.39 is 0 Å². The number of unbranched alkanes of at least 4 members (excludes halogenated alkanes) is 6. The first-order valence-electron chi connectivity index (χ1n) is 19.5. The first kappa shape index (κ1) is 37.4. The molecule has 3 fully saturated rings. The zero-order valence-corrected chi connectivity index (χ0v) is 31.6. The molecule has 3 aliphatic rings. The molecule has 0 spiro atoms. The molecule has 2 heterocycles. The van der Waals surface area contributed by atoms with Crippen LogP contribution in [0.1, 0.15) is 186 Å². The van der Waals surface area contributed by atoms with Crippen LogP contribution in [0.2, 0.25) is 0 Å². The molecule has 43 heavy (non-hydrogen) atoms. The molecule has 1 saturated carbocycles. The van der Waals surface area contributed by atoms with Crippen molar-refractivity contribution in [2.45, 2.75) is 209 Å².